The highest BCUT2D eigenvalue weighted by Gasteiger charge is 2.37. The Kier molecular flexibility index (Phi) is 4.55. The molecule has 2 aromatic carbocycles. The van der Waals surface area contributed by atoms with Crippen molar-refractivity contribution in [1.29, 1.82) is 0 Å². The zero-order valence-electron chi connectivity index (χ0n) is 15.9. The lowest BCUT2D eigenvalue weighted by molar-refractivity contribution is -0.0339. The topological polar surface area (TPSA) is 41.6 Å². The minimum Gasteiger partial charge on any atom is -0.445 e. The van der Waals surface area contributed by atoms with Gasteiger partial charge in [-0.3, -0.25) is 4.90 Å². The molecule has 3 aliphatic heterocycles. The molecule has 28 heavy (non-hydrogen) atoms. The molecule has 4 aliphatic rings. The van der Waals surface area contributed by atoms with Gasteiger partial charge in [0.15, 0.2) is 0 Å². The van der Waals surface area contributed by atoms with E-state index < -0.39 is 0 Å². The number of nitrogens with one attached hydrogen (secondary N) is 1. The average Bonchev–Trinajstić information content (AvgIpc) is 3.11. The number of hydrogen-bond acceptors (Lipinski definition) is 3. The second-order valence-corrected chi connectivity index (χ2v) is 8.24. The van der Waals surface area contributed by atoms with Crippen LogP contribution in [0.5, 0.6) is 0 Å². The van der Waals surface area contributed by atoms with Crippen molar-refractivity contribution < 1.29 is 13.9 Å². The first-order chi connectivity index (χ1) is 13.7. The van der Waals surface area contributed by atoms with Gasteiger partial charge in [0, 0.05) is 6.54 Å². The second kappa shape index (κ2) is 7.21. The van der Waals surface area contributed by atoms with Crippen LogP contribution in [0.15, 0.2) is 42.5 Å². The number of ether oxygens (including phenoxy) is 1. The van der Waals surface area contributed by atoms with Crippen molar-refractivity contribution in [2.45, 2.75) is 37.8 Å². The number of halogens is 1. The lowest BCUT2D eigenvalue weighted by Gasteiger charge is -2.43. The fraction of sp³-hybridized carbons (Fsp3) is 0.435. The van der Waals surface area contributed by atoms with Crippen LogP contribution in [0.4, 0.5) is 9.18 Å². The third kappa shape index (κ3) is 3.39. The van der Waals surface area contributed by atoms with Gasteiger partial charge in [0.2, 0.25) is 0 Å². The van der Waals surface area contributed by atoms with E-state index in [4.69, 9.17) is 4.74 Å². The van der Waals surface area contributed by atoms with E-state index in [2.05, 4.69) is 22.3 Å². The van der Waals surface area contributed by atoms with Crippen LogP contribution in [-0.2, 0) is 11.2 Å². The van der Waals surface area contributed by atoms with Gasteiger partial charge in [-0.1, -0.05) is 24.3 Å². The number of hydrogen-bond donors (Lipinski definition) is 1. The molecule has 0 saturated carbocycles. The van der Waals surface area contributed by atoms with Crippen LogP contribution in [0.2, 0.25) is 0 Å². The maximum absolute atomic E-state index is 13.6. The molecule has 0 aromatic heterocycles. The molecule has 1 aliphatic carbocycles. The van der Waals surface area contributed by atoms with Crippen LogP contribution in [0, 0.1) is 11.7 Å². The van der Waals surface area contributed by atoms with Crippen LogP contribution >= 0.6 is 0 Å². The Balaban J connectivity index is 1.29. The number of amides is 1. The zero-order valence-corrected chi connectivity index (χ0v) is 15.9. The molecular weight excluding hydrogens is 355 g/mol. The quantitative estimate of drug-likeness (QED) is 0.863. The lowest BCUT2D eigenvalue weighted by Crippen LogP contribution is -2.52. The number of aryl methyl sites for hydroxylation is 1. The fourth-order valence-electron chi connectivity index (χ4n) is 4.96. The molecule has 2 aromatic rings. The predicted molar refractivity (Wildman–Crippen MR) is 105 cm³/mol. The van der Waals surface area contributed by atoms with Gasteiger partial charge < -0.3 is 10.1 Å². The Labute approximate surface area is 164 Å². The summed E-state index contributed by atoms with van der Waals surface area (Å²) in [5, 5.41) is 3.08. The van der Waals surface area contributed by atoms with Gasteiger partial charge in [-0.15, -0.1) is 0 Å². The van der Waals surface area contributed by atoms with E-state index in [1.54, 1.807) is 12.1 Å². The summed E-state index contributed by atoms with van der Waals surface area (Å²) in [5.41, 5.74) is 4.18. The van der Waals surface area contributed by atoms with Crippen LogP contribution in [0.25, 0.3) is 11.1 Å². The smallest absolute Gasteiger partial charge is 0.407 e. The Bertz CT molecular complexity index is 892. The second-order valence-electron chi connectivity index (χ2n) is 8.24. The molecule has 2 atom stereocenters. The summed E-state index contributed by atoms with van der Waals surface area (Å²) in [7, 11) is 0. The minimum absolute atomic E-state index is 0.0157. The van der Waals surface area contributed by atoms with E-state index in [1.165, 1.54) is 11.6 Å². The first-order valence-electron chi connectivity index (χ1n) is 10.2. The molecule has 1 amide bonds. The van der Waals surface area contributed by atoms with Gasteiger partial charge in [0.1, 0.15) is 11.9 Å². The first kappa shape index (κ1) is 17.7. The van der Waals surface area contributed by atoms with Gasteiger partial charge >= 0.3 is 6.09 Å². The molecule has 2 bridgehead atoms. The molecule has 3 heterocycles. The van der Waals surface area contributed by atoms with Gasteiger partial charge in [0.25, 0.3) is 0 Å². The normalized spacial score (nSPS) is 28.0. The highest BCUT2D eigenvalue weighted by molar-refractivity contribution is 5.70. The van der Waals surface area contributed by atoms with Gasteiger partial charge in [-0.25, -0.2) is 9.18 Å². The molecule has 3 fully saturated rings. The zero-order chi connectivity index (χ0) is 19.1. The Hall–Kier alpha value is -2.40. The summed E-state index contributed by atoms with van der Waals surface area (Å²) < 4.78 is 19.4. The molecule has 3 saturated heterocycles. The van der Waals surface area contributed by atoms with E-state index in [9.17, 15) is 9.18 Å². The van der Waals surface area contributed by atoms with Crippen molar-refractivity contribution in [1.82, 2.24) is 10.2 Å². The minimum atomic E-state index is -0.312. The number of carbonyl (C=O) groups is 1. The molecule has 1 unspecified atom stereocenters. The van der Waals surface area contributed by atoms with Gasteiger partial charge in [-0.05, 0) is 85.1 Å². The standard InChI is InChI=1S/C23H25FN2O2/c24-19-3-1-2-17(12-19)18-5-4-15-6-7-21(20(15)13-18)25-23(27)28-22-14-26-10-8-16(22)9-11-26/h1-5,12-13,16,21-22H,6-11,14H2,(H,25,27)/t21?,22-/m1/s1. The van der Waals surface area contributed by atoms with Gasteiger partial charge in [-0.2, -0.15) is 0 Å². The maximum Gasteiger partial charge on any atom is 0.407 e. The van der Waals surface area contributed by atoms with Gasteiger partial charge in [0.05, 0.1) is 6.04 Å². The highest BCUT2D eigenvalue weighted by atomic mass is 19.1. The molecule has 146 valence electrons. The molecule has 1 N–H and O–H groups in total. The van der Waals surface area contributed by atoms with Crippen molar-refractivity contribution in [2.24, 2.45) is 5.92 Å². The highest BCUT2D eigenvalue weighted by Crippen LogP contribution is 2.35. The third-order valence-electron chi connectivity index (χ3n) is 6.53. The summed E-state index contributed by atoms with van der Waals surface area (Å²) in [6.45, 7) is 3.12. The number of benzene rings is 2. The molecular formula is C23H25FN2O2. The summed E-state index contributed by atoms with van der Waals surface area (Å²) in [4.78, 5) is 14.9. The number of piperidine rings is 3. The first-order valence-corrected chi connectivity index (χ1v) is 10.2. The van der Waals surface area contributed by atoms with Crippen molar-refractivity contribution in [3.63, 3.8) is 0 Å². The summed E-state index contributed by atoms with van der Waals surface area (Å²) in [5.74, 6) is 0.264. The predicted octanol–water partition coefficient (Wildman–Crippen LogP) is 4.30. The van der Waals surface area contributed by atoms with E-state index in [-0.39, 0.29) is 24.1 Å². The van der Waals surface area contributed by atoms with Crippen molar-refractivity contribution in [3.05, 3.63) is 59.4 Å². The van der Waals surface area contributed by atoms with Crippen molar-refractivity contribution in [2.75, 3.05) is 19.6 Å². The summed E-state index contributed by atoms with van der Waals surface area (Å²) in [6, 6.07) is 12.8. The number of nitrogens with zero attached hydrogens (tertiary/aromatic N) is 1. The number of fused-ring (bicyclic) bond motifs is 4. The molecule has 5 heteroatoms. The van der Waals surface area contributed by atoms with E-state index in [0.717, 1.165) is 62.0 Å². The fourth-order valence-corrected chi connectivity index (χ4v) is 4.96. The SMILES string of the molecule is O=C(NC1CCc2ccc(-c3cccc(F)c3)cc21)O[C@@H]1CN2CCC1CC2. The number of alkyl carbamates (subject to hydrolysis) is 1. The Morgan fingerprint density at radius 2 is 1.89 bits per heavy atom. The third-order valence-corrected chi connectivity index (χ3v) is 6.53. The van der Waals surface area contributed by atoms with E-state index in [0.29, 0.717) is 5.92 Å². The number of carbonyl (C=O) groups excluding carboxylic acids is 1. The molecule has 0 radical (unpaired) electrons. The van der Waals surface area contributed by atoms with Crippen LogP contribution in [0.3, 0.4) is 0 Å². The summed E-state index contributed by atoms with van der Waals surface area (Å²) in [6.07, 6.45) is 3.76. The van der Waals surface area contributed by atoms with Crippen LogP contribution < -0.4 is 5.32 Å². The van der Waals surface area contributed by atoms with Crippen molar-refractivity contribution >= 4 is 6.09 Å². The Morgan fingerprint density at radius 3 is 2.64 bits per heavy atom. The Morgan fingerprint density at radius 1 is 1.07 bits per heavy atom. The molecule has 6 rings (SSSR count). The molecule has 0 spiro atoms. The number of rotatable bonds is 3. The summed E-state index contributed by atoms with van der Waals surface area (Å²) >= 11 is 0. The van der Waals surface area contributed by atoms with Crippen LogP contribution in [-0.4, -0.2) is 36.7 Å². The molecule has 4 nitrogen and oxygen atoms in total. The van der Waals surface area contributed by atoms with E-state index in [1.807, 2.05) is 12.1 Å². The monoisotopic (exact) mass is 380 g/mol. The van der Waals surface area contributed by atoms with E-state index >= 15 is 0 Å². The maximum atomic E-state index is 13.6. The van der Waals surface area contributed by atoms with Crippen molar-refractivity contribution in [3.8, 4) is 11.1 Å². The lowest BCUT2D eigenvalue weighted by atomic mass is 9.86. The van der Waals surface area contributed by atoms with Crippen LogP contribution in [0.1, 0.15) is 36.4 Å². The average molecular weight is 380 g/mol. The largest absolute Gasteiger partial charge is 0.445 e.